The van der Waals surface area contributed by atoms with Gasteiger partial charge in [-0.05, 0) is 24.3 Å². The van der Waals surface area contributed by atoms with E-state index in [2.05, 4.69) is 15.9 Å². The molecule has 1 aromatic rings. The Kier molecular flexibility index (Phi) is 5.54. The van der Waals surface area contributed by atoms with Gasteiger partial charge in [-0.15, -0.1) is 0 Å². The van der Waals surface area contributed by atoms with Crippen LogP contribution in [0.3, 0.4) is 0 Å². The van der Waals surface area contributed by atoms with Crippen LogP contribution in [-0.4, -0.2) is 48.7 Å². The van der Waals surface area contributed by atoms with Gasteiger partial charge in [0, 0.05) is 18.1 Å². The van der Waals surface area contributed by atoms with Crippen molar-refractivity contribution in [3.8, 4) is 5.75 Å². The molecule has 1 atom stereocenters. The number of ether oxygens (including phenoxy) is 1. The van der Waals surface area contributed by atoms with Gasteiger partial charge < -0.3 is 9.84 Å². The van der Waals surface area contributed by atoms with Gasteiger partial charge in [-0.2, -0.15) is 12.7 Å². The fourth-order valence-electron chi connectivity index (χ4n) is 1.17. The van der Waals surface area contributed by atoms with Gasteiger partial charge in [-0.25, -0.2) is 0 Å². The number of benzene rings is 1. The van der Waals surface area contributed by atoms with Crippen molar-refractivity contribution in [2.75, 3.05) is 20.2 Å². The van der Waals surface area contributed by atoms with Gasteiger partial charge in [-0.3, -0.25) is 4.55 Å². The molecule has 2 N–H and O–H groups in total. The first-order valence-electron chi connectivity index (χ1n) is 5.04. The second-order valence-electron chi connectivity index (χ2n) is 3.68. The minimum absolute atomic E-state index is 0.0680. The molecular weight excluding hydrogens is 326 g/mol. The van der Waals surface area contributed by atoms with Crippen LogP contribution in [0.5, 0.6) is 5.75 Å². The Bertz CT molecular complexity index is 476. The third kappa shape index (κ3) is 5.32. The molecule has 0 bridgehead atoms. The van der Waals surface area contributed by atoms with E-state index in [4.69, 9.17) is 9.29 Å². The Hall–Kier alpha value is -0.670. The summed E-state index contributed by atoms with van der Waals surface area (Å²) in [5.41, 5.74) is 0. The summed E-state index contributed by atoms with van der Waals surface area (Å²) in [5, 5.41) is 9.55. The Morgan fingerprint density at radius 1 is 1.39 bits per heavy atom. The third-order valence-corrected chi connectivity index (χ3v) is 3.58. The number of aliphatic hydroxyl groups is 1. The standard InChI is InChI=1S/C10H14BrNO5S/c1-12(18(14,15)16)6-9(13)7-17-10-4-2-8(11)3-5-10/h2-5,9,13H,6-7H2,1H3,(H,14,15,16). The monoisotopic (exact) mass is 339 g/mol. The maximum atomic E-state index is 10.7. The SMILES string of the molecule is CN(CC(O)COc1ccc(Br)cc1)S(=O)(=O)O. The molecule has 1 aromatic carbocycles. The van der Waals surface area contributed by atoms with Crippen molar-refractivity contribution in [3.05, 3.63) is 28.7 Å². The smallest absolute Gasteiger partial charge is 0.335 e. The van der Waals surface area contributed by atoms with E-state index in [9.17, 15) is 13.5 Å². The van der Waals surface area contributed by atoms with Crippen molar-refractivity contribution in [1.82, 2.24) is 4.31 Å². The molecule has 0 aliphatic rings. The normalized spacial score (nSPS) is 13.6. The molecule has 102 valence electrons. The van der Waals surface area contributed by atoms with E-state index in [1.165, 1.54) is 0 Å². The summed E-state index contributed by atoms with van der Waals surface area (Å²) >= 11 is 3.27. The second-order valence-corrected chi connectivity index (χ2v) is 6.11. The van der Waals surface area contributed by atoms with Gasteiger partial charge in [0.05, 0.1) is 0 Å². The predicted molar refractivity (Wildman–Crippen MR) is 69.8 cm³/mol. The van der Waals surface area contributed by atoms with E-state index in [-0.39, 0.29) is 13.2 Å². The van der Waals surface area contributed by atoms with Crippen LogP contribution in [0.2, 0.25) is 0 Å². The summed E-state index contributed by atoms with van der Waals surface area (Å²) in [6, 6.07) is 6.99. The van der Waals surface area contributed by atoms with Crippen molar-refractivity contribution in [3.63, 3.8) is 0 Å². The molecule has 0 fully saturated rings. The van der Waals surface area contributed by atoms with Gasteiger partial charge in [0.1, 0.15) is 18.5 Å². The van der Waals surface area contributed by atoms with Crippen LogP contribution in [0.15, 0.2) is 28.7 Å². The number of likely N-dealkylation sites (N-methyl/N-ethyl adjacent to an activating group) is 1. The lowest BCUT2D eigenvalue weighted by Crippen LogP contribution is -2.36. The zero-order valence-electron chi connectivity index (χ0n) is 9.65. The Morgan fingerprint density at radius 3 is 2.44 bits per heavy atom. The number of hydrogen-bond acceptors (Lipinski definition) is 4. The van der Waals surface area contributed by atoms with Crippen LogP contribution in [0.1, 0.15) is 0 Å². The Balaban J connectivity index is 2.42. The van der Waals surface area contributed by atoms with Gasteiger partial charge in [-0.1, -0.05) is 15.9 Å². The predicted octanol–water partition coefficient (Wildman–Crippen LogP) is 0.923. The quantitative estimate of drug-likeness (QED) is 0.752. The van der Waals surface area contributed by atoms with Crippen LogP contribution < -0.4 is 4.74 Å². The number of halogens is 1. The molecule has 0 radical (unpaired) electrons. The third-order valence-electron chi connectivity index (χ3n) is 2.12. The van der Waals surface area contributed by atoms with Gasteiger partial charge in [0.15, 0.2) is 0 Å². The molecule has 0 saturated carbocycles. The minimum atomic E-state index is -4.27. The van der Waals surface area contributed by atoms with Crippen LogP contribution in [0, 0.1) is 0 Å². The topological polar surface area (TPSA) is 87.1 Å². The molecule has 1 rings (SSSR count). The van der Waals surface area contributed by atoms with Gasteiger partial charge in [0.25, 0.3) is 0 Å². The zero-order valence-corrected chi connectivity index (χ0v) is 12.1. The summed E-state index contributed by atoms with van der Waals surface area (Å²) in [5.74, 6) is 0.562. The van der Waals surface area contributed by atoms with Crippen molar-refractivity contribution in [2.45, 2.75) is 6.10 Å². The van der Waals surface area contributed by atoms with E-state index < -0.39 is 16.4 Å². The van der Waals surface area contributed by atoms with Crippen LogP contribution in [-0.2, 0) is 10.3 Å². The van der Waals surface area contributed by atoms with E-state index in [0.29, 0.717) is 10.1 Å². The molecule has 0 heterocycles. The molecular formula is C10H14BrNO5S. The molecule has 6 nitrogen and oxygen atoms in total. The number of hydrogen-bond donors (Lipinski definition) is 2. The summed E-state index contributed by atoms with van der Waals surface area (Å²) in [6.07, 6.45) is -1.03. The Morgan fingerprint density at radius 2 is 1.94 bits per heavy atom. The molecule has 0 amide bonds. The summed E-state index contributed by atoms with van der Waals surface area (Å²) < 4.78 is 36.9. The molecule has 0 aliphatic heterocycles. The average molecular weight is 340 g/mol. The molecule has 0 aliphatic carbocycles. The average Bonchev–Trinajstić information content (AvgIpc) is 2.27. The van der Waals surface area contributed by atoms with Crippen molar-refractivity contribution < 1.29 is 22.8 Å². The molecule has 0 spiro atoms. The largest absolute Gasteiger partial charge is 0.491 e. The van der Waals surface area contributed by atoms with Crippen LogP contribution >= 0.6 is 15.9 Å². The summed E-state index contributed by atoms with van der Waals surface area (Å²) in [7, 11) is -3.11. The second kappa shape index (κ2) is 6.48. The molecule has 0 aromatic heterocycles. The first-order chi connectivity index (χ1) is 8.29. The maximum absolute atomic E-state index is 10.7. The van der Waals surface area contributed by atoms with Crippen LogP contribution in [0.4, 0.5) is 0 Å². The van der Waals surface area contributed by atoms with Gasteiger partial charge in [0.2, 0.25) is 0 Å². The first kappa shape index (κ1) is 15.4. The highest BCUT2D eigenvalue weighted by atomic mass is 79.9. The Labute approximate surface area is 114 Å². The summed E-state index contributed by atoms with van der Waals surface area (Å²) in [4.78, 5) is 0. The highest BCUT2D eigenvalue weighted by Gasteiger charge is 2.17. The van der Waals surface area contributed by atoms with Crippen molar-refractivity contribution in [1.29, 1.82) is 0 Å². The van der Waals surface area contributed by atoms with E-state index >= 15 is 0 Å². The van der Waals surface area contributed by atoms with Gasteiger partial charge >= 0.3 is 10.3 Å². The maximum Gasteiger partial charge on any atom is 0.335 e. The molecule has 18 heavy (non-hydrogen) atoms. The van der Waals surface area contributed by atoms with E-state index in [0.717, 1.165) is 11.5 Å². The molecule has 0 saturated heterocycles. The van der Waals surface area contributed by atoms with E-state index in [1.807, 2.05) is 0 Å². The highest BCUT2D eigenvalue weighted by Crippen LogP contribution is 2.16. The lowest BCUT2D eigenvalue weighted by Gasteiger charge is -2.17. The van der Waals surface area contributed by atoms with Crippen LogP contribution in [0.25, 0.3) is 0 Å². The lowest BCUT2D eigenvalue weighted by atomic mass is 10.3. The fourth-order valence-corrected chi connectivity index (χ4v) is 1.79. The summed E-state index contributed by atoms with van der Waals surface area (Å²) in [6.45, 7) is -0.309. The number of rotatable bonds is 6. The number of aliphatic hydroxyl groups excluding tert-OH is 1. The molecule has 8 heteroatoms. The lowest BCUT2D eigenvalue weighted by molar-refractivity contribution is 0.0918. The van der Waals surface area contributed by atoms with E-state index in [1.54, 1.807) is 24.3 Å². The zero-order chi connectivity index (χ0) is 13.8. The highest BCUT2D eigenvalue weighted by molar-refractivity contribution is 9.10. The van der Waals surface area contributed by atoms with Crippen molar-refractivity contribution >= 4 is 26.2 Å². The molecule has 1 unspecified atom stereocenters. The minimum Gasteiger partial charge on any atom is -0.491 e. The fraction of sp³-hybridized carbons (Fsp3) is 0.400. The first-order valence-corrected chi connectivity index (χ1v) is 7.23. The number of nitrogens with zero attached hydrogens (tertiary/aromatic N) is 1. The van der Waals surface area contributed by atoms with Crippen molar-refractivity contribution in [2.24, 2.45) is 0 Å².